The van der Waals surface area contributed by atoms with E-state index in [0.29, 0.717) is 17.9 Å². The number of hydrogen-bond donors (Lipinski definition) is 3. The van der Waals surface area contributed by atoms with Crippen molar-refractivity contribution in [1.82, 2.24) is 5.32 Å². The molecular formula is C10H12BrNO3. The molecule has 82 valence electrons. The van der Waals surface area contributed by atoms with Gasteiger partial charge in [0, 0.05) is 10.0 Å². The summed E-state index contributed by atoms with van der Waals surface area (Å²) in [7, 11) is 0. The van der Waals surface area contributed by atoms with E-state index in [-0.39, 0.29) is 12.6 Å². The summed E-state index contributed by atoms with van der Waals surface area (Å²) < 4.78 is 6.36. The molecule has 0 radical (unpaired) electrons. The number of fused-ring (bicyclic) bond motifs is 1. The van der Waals surface area contributed by atoms with Crippen LogP contribution in [0.5, 0.6) is 5.75 Å². The molecule has 3 N–H and O–H groups in total. The molecule has 0 aliphatic carbocycles. The first-order valence-electron chi connectivity index (χ1n) is 4.68. The summed E-state index contributed by atoms with van der Waals surface area (Å²) in [6.07, 6.45) is -0.808. The smallest absolute Gasteiger partial charge is 0.135 e. The summed E-state index contributed by atoms with van der Waals surface area (Å²) in [5.74, 6) is 0.647. The number of rotatable bonds is 1. The molecule has 5 heteroatoms. The fraction of sp³-hybridized carbons (Fsp3) is 0.400. The summed E-state index contributed by atoms with van der Waals surface area (Å²) in [5, 5.41) is 21.7. The van der Waals surface area contributed by atoms with Gasteiger partial charge in [-0.2, -0.15) is 0 Å². The predicted molar refractivity (Wildman–Crippen MR) is 58.6 cm³/mol. The van der Waals surface area contributed by atoms with Crippen molar-refractivity contribution in [2.24, 2.45) is 0 Å². The molecule has 0 saturated carbocycles. The van der Waals surface area contributed by atoms with E-state index in [1.54, 1.807) is 12.1 Å². The first-order valence-corrected chi connectivity index (χ1v) is 5.47. The zero-order valence-corrected chi connectivity index (χ0v) is 9.57. The Bertz CT molecular complexity index is 359. The number of hydrogen-bond acceptors (Lipinski definition) is 4. The molecule has 0 saturated heterocycles. The second-order valence-electron chi connectivity index (χ2n) is 3.44. The number of nitrogens with one attached hydrogen (secondary N) is 1. The van der Waals surface area contributed by atoms with Gasteiger partial charge in [0.25, 0.3) is 0 Å². The SMILES string of the molecule is OCC1COc2ccc(Br)cc2C(O)N1. The van der Waals surface area contributed by atoms with Gasteiger partial charge < -0.3 is 14.9 Å². The van der Waals surface area contributed by atoms with E-state index in [0.717, 1.165) is 4.47 Å². The van der Waals surface area contributed by atoms with Gasteiger partial charge in [-0.05, 0) is 18.2 Å². The minimum Gasteiger partial charge on any atom is -0.491 e. The fourth-order valence-corrected chi connectivity index (χ4v) is 1.90. The van der Waals surface area contributed by atoms with Gasteiger partial charge in [-0.3, -0.25) is 5.32 Å². The van der Waals surface area contributed by atoms with Crippen molar-refractivity contribution in [2.75, 3.05) is 13.2 Å². The Kier molecular flexibility index (Phi) is 3.25. The van der Waals surface area contributed by atoms with Gasteiger partial charge >= 0.3 is 0 Å². The van der Waals surface area contributed by atoms with E-state index in [1.165, 1.54) is 0 Å². The summed E-state index contributed by atoms with van der Waals surface area (Å²) in [6.45, 7) is 0.286. The molecule has 0 spiro atoms. The zero-order chi connectivity index (χ0) is 10.8. The van der Waals surface area contributed by atoms with E-state index in [4.69, 9.17) is 9.84 Å². The van der Waals surface area contributed by atoms with Crippen molar-refractivity contribution in [3.8, 4) is 5.75 Å². The second-order valence-corrected chi connectivity index (χ2v) is 4.36. The molecule has 1 aromatic rings. The van der Waals surface area contributed by atoms with E-state index in [2.05, 4.69) is 21.2 Å². The standard InChI is InChI=1S/C10H12BrNO3/c11-6-1-2-9-8(3-6)10(14)12-7(4-13)5-15-9/h1-3,7,10,12-14H,4-5H2. The van der Waals surface area contributed by atoms with Crippen LogP contribution in [-0.4, -0.2) is 29.5 Å². The molecule has 0 aromatic heterocycles. The lowest BCUT2D eigenvalue weighted by Crippen LogP contribution is -2.37. The lowest BCUT2D eigenvalue weighted by molar-refractivity contribution is 0.101. The Morgan fingerprint density at radius 3 is 3.07 bits per heavy atom. The molecule has 1 aliphatic rings. The molecule has 15 heavy (non-hydrogen) atoms. The van der Waals surface area contributed by atoms with Gasteiger partial charge in [0.05, 0.1) is 12.6 Å². The Hall–Kier alpha value is -0.620. The van der Waals surface area contributed by atoms with Crippen LogP contribution in [0.2, 0.25) is 0 Å². The molecular weight excluding hydrogens is 262 g/mol. The Morgan fingerprint density at radius 1 is 1.53 bits per heavy atom. The van der Waals surface area contributed by atoms with E-state index >= 15 is 0 Å². The van der Waals surface area contributed by atoms with Gasteiger partial charge in [-0.25, -0.2) is 0 Å². The van der Waals surface area contributed by atoms with Crippen LogP contribution in [0.15, 0.2) is 22.7 Å². The summed E-state index contributed by atoms with van der Waals surface area (Å²) in [4.78, 5) is 0. The summed E-state index contributed by atoms with van der Waals surface area (Å²) >= 11 is 3.33. The van der Waals surface area contributed by atoms with Crippen LogP contribution >= 0.6 is 15.9 Å². The summed E-state index contributed by atoms with van der Waals surface area (Å²) in [6, 6.07) is 5.20. The minimum absolute atomic E-state index is 0.0633. The Labute approximate surface area is 96.0 Å². The highest BCUT2D eigenvalue weighted by Crippen LogP contribution is 2.29. The molecule has 4 nitrogen and oxygen atoms in total. The zero-order valence-electron chi connectivity index (χ0n) is 7.98. The van der Waals surface area contributed by atoms with Crippen molar-refractivity contribution in [1.29, 1.82) is 0 Å². The highest BCUT2D eigenvalue weighted by atomic mass is 79.9. The maximum atomic E-state index is 9.84. The molecule has 2 atom stereocenters. The Balaban J connectivity index is 2.31. The monoisotopic (exact) mass is 273 g/mol. The fourth-order valence-electron chi connectivity index (χ4n) is 1.52. The highest BCUT2D eigenvalue weighted by Gasteiger charge is 2.22. The molecule has 2 rings (SSSR count). The molecule has 1 aromatic carbocycles. The van der Waals surface area contributed by atoms with Gasteiger partial charge in [-0.1, -0.05) is 15.9 Å². The van der Waals surface area contributed by atoms with Crippen LogP contribution in [0.3, 0.4) is 0 Å². The molecule has 0 bridgehead atoms. The maximum absolute atomic E-state index is 9.84. The second kappa shape index (κ2) is 4.49. The maximum Gasteiger partial charge on any atom is 0.135 e. The normalized spacial score (nSPS) is 25.3. The van der Waals surface area contributed by atoms with Gasteiger partial charge in [0.1, 0.15) is 18.6 Å². The molecule has 2 unspecified atom stereocenters. The minimum atomic E-state index is -0.808. The number of benzene rings is 1. The summed E-state index contributed by atoms with van der Waals surface area (Å²) in [5.41, 5.74) is 0.681. The molecule has 0 fully saturated rings. The average molecular weight is 274 g/mol. The van der Waals surface area contributed by atoms with Crippen LogP contribution in [-0.2, 0) is 0 Å². The van der Waals surface area contributed by atoms with Crippen LogP contribution < -0.4 is 10.1 Å². The van der Waals surface area contributed by atoms with Crippen molar-refractivity contribution in [3.05, 3.63) is 28.2 Å². The topological polar surface area (TPSA) is 61.7 Å². The largest absolute Gasteiger partial charge is 0.491 e. The highest BCUT2D eigenvalue weighted by molar-refractivity contribution is 9.10. The third-order valence-corrected chi connectivity index (χ3v) is 2.81. The van der Waals surface area contributed by atoms with Crippen molar-refractivity contribution in [2.45, 2.75) is 12.3 Å². The van der Waals surface area contributed by atoms with E-state index in [9.17, 15) is 5.11 Å². The van der Waals surface area contributed by atoms with Gasteiger partial charge in [-0.15, -0.1) is 0 Å². The molecule has 1 heterocycles. The first kappa shape index (κ1) is 10.9. The number of aliphatic hydroxyl groups is 2. The van der Waals surface area contributed by atoms with Crippen LogP contribution in [0.25, 0.3) is 0 Å². The lowest BCUT2D eigenvalue weighted by atomic mass is 10.1. The Morgan fingerprint density at radius 2 is 2.33 bits per heavy atom. The average Bonchev–Trinajstić information content (AvgIpc) is 2.39. The van der Waals surface area contributed by atoms with Crippen molar-refractivity contribution < 1.29 is 14.9 Å². The van der Waals surface area contributed by atoms with Crippen molar-refractivity contribution in [3.63, 3.8) is 0 Å². The number of ether oxygens (including phenoxy) is 1. The van der Waals surface area contributed by atoms with Crippen molar-refractivity contribution >= 4 is 15.9 Å². The molecule has 0 amide bonds. The predicted octanol–water partition coefficient (Wildman–Crippen LogP) is 0.783. The first-order chi connectivity index (χ1) is 7.20. The van der Waals surface area contributed by atoms with Gasteiger partial charge in [0.15, 0.2) is 0 Å². The molecule has 1 aliphatic heterocycles. The van der Waals surface area contributed by atoms with Crippen LogP contribution in [0.4, 0.5) is 0 Å². The number of aliphatic hydroxyl groups excluding tert-OH is 2. The van der Waals surface area contributed by atoms with E-state index < -0.39 is 6.23 Å². The third kappa shape index (κ3) is 2.31. The number of halogens is 1. The van der Waals surface area contributed by atoms with Gasteiger partial charge in [0.2, 0.25) is 0 Å². The lowest BCUT2D eigenvalue weighted by Gasteiger charge is -2.15. The van der Waals surface area contributed by atoms with E-state index in [1.807, 2.05) is 6.07 Å². The third-order valence-electron chi connectivity index (χ3n) is 2.32. The quantitative estimate of drug-likeness (QED) is 0.708. The van der Waals surface area contributed by atoms with Crippen LogP contribution in [0, 0.1) is 0 Å². The van der Waals surface area contributed by atoms with Crippen LogP contribution in [0.1, 0.15) is 11.8 Å².